The summed E-state index contributed by atoms with van der Waals surface area (Å²) in [6.07, 6.45) is 6.45. The SMILES string of the molecule is c1ncc(-c2ccc3c(c2)CNCCC3c2ccc3sccc3c2)cn1. The predicted octanol–water partition coefficient (Wildman–Crippen LogP) is 4.98. The first kappa shape index (κ1) is 15.7. The maximum atomic E-state index is 4.15. The molecule has 128 valence electrons. The average molecular weight is 357 g/mol. The Hall–Kier alpha value is -2.56. The highest BCUT2D eigenvalue weighted by molar-refractivity contribution is 7.17. The van der Waals surface area contributed by atoms with Gasteiger partial charge in [0.15, 0.2) is 0 Å². The number of aromatic nitrogens is 2. The number of hydrogen-bond acceptors (Lipinski definition) is 4. The Morgan fingerprint density at radius 3 is 2.81 bits per heavy atom. The molecular formula is C22H19N3S. The van der Waals surface area contributed by atoms with Gasteiger partial charge in [0.2, 0.25) is 0 Å². The largest absolute Gasteiger partial charge is 0.313 e. The van der Waals surface area contributed by atoms with Crippen molar-refractivity contribution in [2.45, 2.75) is 18.9 Å². The van der Waals surface area contributed by atoms with E-state index in [0.717, 1.165) is 25.1 Å². The van der Waals surface area contributed by atoms with Crippen molar-refractivity contribution >= 4 is 21.4 Å². The van der Waals surface area contributed by atoms with Gasteiger partial charge in [0.25, 0.3) is 0 Å². The van der Waals surface area contributed by atoms with Gasteiger partial charge >= 0.3 is 0 Å². The molecule has 0 bridgehead atoms. The second-order valence-corrected chi connectivity index (χ2v) is 7.72. The number of nitrogens with zero attached hydrogens (tertiary/aromatic N) is 2. The molecular weight excluding hydrogens is 338 g/mol. The molecule has 1 unspecified atom stereocenters. The van der Waals surface area contributed by atoms with E-state index in [1.807, 2.05) is 23.7 Å². The number of thiophene rings is 1. The van der Waals surface area contributed by atoms with Gasteiger partial charge in [-0.25, -0.2) is 9.97 Å². The van der Waals surface area contributed by atoms with Gasteiger partial charge in [-0.3, -0.25) is 0 Å². The molecule has 2 aromatic heterocycles. The highest BCUT2D eigenvalue weighted by Crippen LogP contribution is 2.36. The van der Waals surface area contributed by atoms with Crippen molar-refractivity contribution in [3.63, 3.8) is 0 Å². The molecule has 4 heteroatoms. The average Bonchev–Trinajstić information content (AvgIpc) is 3.06. The summed E-state index contributed by atoms with van der Waals surface area (Å²) in [5.41, 5.74) is 6.47. The van der Waals surface area contributed by atoms with Gasteiger partial charge in [-0.05, 0) is 70.3 Å². The van der Waals surface area contributed by atoms with Crippen molar-refractivity contribution in [3.8, 4) is 11.1 Å². The summed E-state index contributed by atoms with van der Waals surface area (Å²) in [6, 6.07) is 16.0. The molecule has 1 N–H and O–H groups in total. The van der Waals surface area contributed by atoms with Gasteiger partial charge in [-0.2, -0.15) is 0 Å². The van der Waals surface area contributed by atoms with Gasteiger partial charge < -0.3 is 5.32 Å². The first-order valence-electron chi connectivity index (χ1n) is 8.94. The van der Waals surface area contributed by atoms with E-state index < -0.39 is 0 Å². The third-order valence-corrected chi connectivity index (χ3v) is 6.11. The lowest BCUT2D eigenvalue weighted by molar-refractivity contribution is 0.647. The van der Waals surface area contributed by atoms with Gasteiger partial charge in [-0.15, -0.1) is 11.3 Å². The molecule has 1 atom stereocenters. The van der Waals surface area contributed by atoms with Crippen LogP contribution in [0.4, 0.5) is 0 Å². The summed E-state index contributed by atoms with van der Waals surface area (Å²) < 4.78 is 1.36. The van der Waals surface area contributed by atoms with Crippen molar-refractivity contribution in [3.05, 3.63) is 83.3 Å². The Labute approximate surface area is 156 Å². The fourth-order valence-corrected chi connectivity index (χ4v) is 4.67. The Bertz CT molecular complexity index is 1060. The Morgan fingerprint density at radius 2 is 1.88 bits per heavy atom. The van der Waals surface area contributed by atoms with Gasteiger partial charge in [0, 0.05) is 35.1 Å². The van der Waals surface area contributed by atoms with E-state index in [1.54, 1.807) is 6.33 Å². The highest BCUT2D eigenvalue weighted by atomic mass is 32.1. The topological polar surface area (TPSA) is 37.8 Å². The number of benzene rings is 2. The maximum absolute atomic E-state index is 4.15. The molecule has 0 amide bonds. The van der Waals surface area contributed by atoms with E-state index in [4.69, 9.17) is 0 Å². The summed E-state index contributed by atoms with van der Waals surface area (Å²) in [5, 5.41) is 7.11. The zero-order valence-electron chi connectivity index (χ0n) is 14.4. The van der Waals surface area contributed by atoms with Crippen LogP contribution in [-0.2, 0) is 6.54 Å². The van der Waals surface area contributed by atoms with Crippen molar-refractivity contribution in [1.29, 1.82) is 0 Å². The van der Waals surface area contributed by atoms with E-state index in [9.17, 15) is 0 Å². The zero-order valence-corrected chi connectivity index (χ0v) is 15.2. The predicted molar refractivity (Wildman–Crippen MR) is 107 cm³/mol. The van der Waals surface area contributed by atoms with Crippen LogP contribution in [-0.4, -0.2) is 16.5 Å². The molecule has 5 rings (SSSR count). The van der Waals surface area contributed by atoms with Gasteiger partial charge in [0.1, 0.15) is 6.33 Å². The fraction of sp³-hybridized carbons (Fsp3) is 0.182. The molecule has 1 aliphatic rings. The molecule has 3 nitrogen and oxygen atoms in total. The number of hydrogen-bond donors (Lipinski definition) is 1. The summed E-state index contributed by atoms with van der Waals surface area (Å²) in [7, 11) is 0. The summed E-state index contributed by atoms with van der Waals surface area (Å²) in [6.45, 7) is 1.94. The number of nitrogens with one attached hydrogen (secondary N) is 1. The number of rotatable bonds is 2. The van der Waals surface area contributed by atoms with Crippen molar-refractivity contribution in [2.24, 2.45) is 0 Å². The molecule has 0 radical (unpaired) electrons. The van der Waals surface area contributed by atoms with Crippen LogP contribution in [0.5, 0.6) is 0 Å². The van der Waals surface area contributed by atoms with E-state index in [-0.39, 0.29) is 0 Å². The van der Waals surface area contributed by atoms with Crippen LogP contribution >= 0.6 is 11.3 Å². The number of fused-ring (bicyclic) bond motifs is 2. The molecule has 2 aromatic carbocycles. The van der Waals surface area contributed by atoms with Crippen LogP contribution in [0.25, 0.3) is 21.2 Å². The van der Waals surface area contributed by atoms with Crippen LogP contribution < -0.4 is 5.32 Å². The molecule has 0 spiro atoms. The molecule has 0 aliphatic carbocycles. The molecule has 0 fully saturated rings. The lowest BCUT2D eigenvalue weighted by atomic mass is 9.85. The lowest BCUT2D eigenvalue weighted by Gasteiger charge is -2.19. The van der Waals surface area contributed by atoms with Crippen molar-refractivity contribution in [2.75, 3.05) is 6.54 Å². The minimum Gasteiger partial charge on any atom is -0.313 e. The molecule has 4 aromatic rings. The molecule has 3 heterocycles. The molecule has 26 heavy (non-hydrogen) atoms. The Morgan fingerprint density at radius 1 is 0.962 bits per heavy atom. The summed E-state index contributed by atoms with van der Waals surface area (Å²) in [4.78, 5) is 8.30. The van der Waals surface area contributed by atoms with Gasteiger partial charge in [0.05, 0.1) is 0 Å². The molecule has 0 saturated heterocycles. The monoisotopic (exact) mass is 357 g/mol. The Balaban J connectivity index is 1.59. The summed E-state index contributed by atoms with van der Waals surface area (Å²) in [5.74, 6) is 0.436. The second-order valence-electron chi connectivity index (χ2n) is 6.78. The minimum atomic E-state index is 0.436. The van der Waals surface area contributed by atoms with E-state index in [0.29, 0.717) is 5.92 Å². The standard InChI is InChI=1S/C22H19N3S/c1-3-20-18(9-15(1)19-12-24-14-25-13-19)11-23-7-5-21(20)16-2-4-22-17(10-16)6-8-26-22/h1-4,6,8-10,12-14,21,23H,5,7,11H2. The third kappa shape index (κ3) is 2.81. The molecule has 0 saturated carbocycles. The van der Waals surface area contributed by atoms with Crippen LogP contribution in [0.1, 0.15) is 29.0 Å². The first-order valence-corrected chi connectivity index (χ1v) is 9.82. The van der Waals surface area contributed by atoms with Crippen LogP contribution in [0.3, 0.4) is 0 Å². The van der Waals surface area contributed by atoms with Crippen molar-refractivity contribution in [1.82, 2.24) is 15.3 Å². The zero-order chi connectivity index (χ0) is 17.3. The summed E-state index contributed by atoms with van der Waals surface area (Å²) >= 11 is 1.81. The minimum absolute atomic E-state index is 0.436. The third-order valence-electron chi connectivity index (χ3n) is 5.22. The fourth-order valence-electron chi connectivity index (χ4n) is 3.90. The highest BCUT2D eigenvalue weighted by Gasteiger charge is 2.21. The van der Waals surface area contributed by atoms with Crippen molar-refractivity contribution < 1.29 is 0 Å². The van der Waals surface area contributed by atoms with Crippen LogP contribution in [0, 0.1) is 0 Å². The van der Waals surface area contributed by atoms with Gasteiger partial charge in [-0.1, -0.05) is 18.2 Å². The van der Waals surface area contributed by atoms with Crippen LogP contribution in [0.2, 0.25) is 0 Å². The van der Waals surface area contributed by atoms with Crippen LogP contribution in [0.15, 0.2) is 66.6 Å². The second kappa shape index (κ2) is 6.63. The smallest absolute Gasteiger partial charge is 0.115 e. The van der Waals surface area contributed by atoms with E-state index >= 15 is 0 Å². The molecule has 1 aliphatic heterocycles. The first-order chi connectivity index (χ1) is 12.9. The lowest BCUT2D eigenvalue weighted by Crippen LogP contribution is -2.12. The normalized spacial score (nSPS) is 17.0. The Kier molecular flexibility index (Phi) is 4.00. The van der Waals surface area contributed by atoms with E-state index in [2.05, 4.69) is 63.1 Å². The van der Waals surface area contributed by atoms with E-state index in [1.165, 1.54) is 32.3 Å². The maximum Gasteiger partial charge on any atom is 0.115 e. The quantitative estimate of drug-likeness (QED) is 0.549.